The van der Waals surface area contributed by atoms with E-state index in [-0.39, 0.29) is 12.7 Å². The van der Waals surface area contributed by atoms with Gasteiger partial charge in [0.15, 0.2) is 30.1 Å². The molecular weight excluding hydrogens is 538 g/mol. The Kier molecular flexibility index (Phi) is 10.3. The minimum atomic E-state index is -2.26. The zero-order valence-electron chi connectivity index (χ0n) is 22.0. The summed E-state index contributed by atoms with van der Waals surface area (Å²) in [6.45, 7) is 0.724. The maximum absolute atomic E-state index is 12.1. The van der Waals surface area contributed by atoms with Crippen LogP contribution < -0.4 is 27.4 Å². The van der Waals surface area contributed by atoms with E-state index in [0.29, 0.717) is 0 Å². The molecule has 1 aliphatic carbocycles. The second-order valence-electron chi connectivity index (χ2n) is 10.4. The van der Waals surface area contributed by atoms with Crippen molar-refractivity contribution >= 4 is 18.2 Å². The van der Waals surface area contributed by atoms with Gasteiger partial charge in [0.2, 0.25) is 0 Å². The molecule has 2 heterocycles. The molecule has 0 spiro atoms. The van der Waals surface area contributed by atoms with Crippen LogP contribution in [0.2, 0.25) is 0 Å². The van der Waals surface area contributed by atoms with Gasteiger partial charge in [-0.2, -0.15) is 0 Å². The number of hydrogen-bond acceptors (Lipinski definition) is 14. The molecule has 18 nitrogen and oxygen atoms in total. The van der Waals surface area contributed by atoms with E-state index in [1.807, 2.05) is 0 Å². The van der Waals surface area contributed by atoms with E-state index in [9.17, 15) is 40.5 Å². The first-order valence-corrected chi connectivity index (χ1v) is 12.8. The predicted octanol–water partition coefficient (Wildman–Crippen LogP) is -7.08. The average molecular weight is 580 g/mol. The second-order valence-corrected chi connectivity index (χ2v) is 10.4. The van der Waals surface area contributed by atoms with E-state index < -0.39 is 109 Å². The number of guanidine groups is 2. The molecule has 2 saturated heterocycles. The van der Waals surface area contributed by atoms with Crippen molar-refractivity contribution in [1.29, 1.82) is 10.8 Å². The van der Waals surface area contributed by atoms with Gasteiger partial charge in [0.25, 0.3) is 0 Å². The molecule has 3 rings (SSSR count). The summed E-state index contributed by atoms with van der Waals surface area (Å²) in [6, 6.07) is -3.60. The topological polar surface area (TPSA) is 322 Å². The molecule has 230 valence electrons. The molecule has 3 fully saturated rings. The summed E-state index contributed by atoms with van der Waals surface area (Å²) in [5, 5.41) is 97.1. The van der Waals surface area contributed by atoms with Crippen molar-refractivity contribution in [2.75, 3.05) is 13.7 Å². The summed E-state index contributed by atoms with van der Waals surface area (Å²) in [4.78, 5) is 12.1. The van der Waals surface area contributed by atoms with Gasteiger partial charge < -0.3 is 77.4 Å². The number of carbonyl (C=O) groups is 1. The number of aliphatic hydroxyl groups excluding tert-OH is 6. The Balaban J connectivity index is 1.94. The number of nitrogens with one attached hydrogen (secondary N) is 5. The number of rotatable bonds is 9. The van der Waals surface area contributed by atoms with Crippen molar-refractivity contribution in [3.05, 3.63) is 0 Å². The average Bonchev–Trinajstić information content (AvgIpc) is 3.13. The molecule has 0 aromatic heterocycles. The fraction of sp³-hybridized carbons (Fsp3) is 0.864. The van der Waals surface area contributed by atoms with Crippen molar-refractivity contribution < 1.29 is 54.8 Å². The molecule has 0 aromatic rings. The standard InChI is InChI=1S/C22H41N7O11/c1-6-22(37,5-31)18(40-19-12(27-2)17(36)14(33)9(4-30)39-19)8(38-6)3-7-10(28-20(23)24)15(34)11(29-21(25)26)16(35)13(7)32/h5-19,27,30,32-37H,3-4H2,1-2H3,(H4,23,24,28)(H4,25,26,29)/t6?,7?,8?,9?,10?,11?,12?,13?,14?,15?,16?,17?,18-,19?,22?/m1/s1. The number of hydrogen-bond donors (Lipinski definition) is 14. The fourth-order valence-corrected chi connectivity index (χ4v) is 5.79. The van der Waals surface area contributed by atoms with E-state index in [0.717, 1.165) is 0 Å². The fourth-order valence-electron chi connectivity index (χ4n) is 5.79. The van der Waals surface area contributed by atoms with Gasteiger partial charge in [-0.25, -0.2) is 0 Å². The second kappa shape index (κ2) is 12.7. The zero-order chi connectivity index (χ0) is 30.1. The molecule has 0 bridgehead atoms. The summed E-state index contributed by atoms with van der Waals surface area (Å²) in [7, 11) is 1.45. The molecule has 14 unspecified atom stereocenters. The third kappa shape index (κ3) is 6.02. The molecular formula is C22H41N7O11. The third-order valence-electron chi connectivity index (χ3n) is 8.01. The monoisotopic (exact) mass is 579 g/mol. The van der Waals surface area contributed by atoms with Gasteiger partial charge in [-0.3, -0.25) is 15.6 Å². The van der Waals surface area contributed by atoms with Crippen LogP contribution in [0, 0.1) is 16.7 Å². The van der Waals surface area contributed by atoms with E-state index >= 15 is 0 Å². The van der Waals surface area contributed by atoms with Crippen LogP contribution >= 0.6 is 0 Å². The van der Waals surface area contributed by atoms with Crippen molar-refractivity contribution in [3.8, 4) is 0 Å². The van der Waals surface area contributed by atoms with E-state index in [1.54, 1.807) is 0 Å². The molecule has 1 saturated carbocycles. The number of aliphatic hydroxyl groups is 7. The van der Waals surface area contributed by atoms with E-state index in [2.05, 4.69) is 16.0 Å². The lowest BCUT2D eigenvalue weighted by atomic mass is 9.72. The van der Waals surface area contributed by atoms with Gasteiger partial charge >= 0.3 is 0 Å². The maximum atomic E-state index is 12.1. The van der Waals surface area contributed by atoms with Crippen LogP contribution in [0.5, 0.6) is 0 Å². The van der Waals surface area contributed by atoms with Crippen LogP contribution in [0.25, 0.3) is 0 Å². The Bertz CT molecular complexity index is 920. The third-order valence-corrected chi connectivity index (χ3v) is 8.01. The Hall–Kier alpha value is -2.23. The Labute approximate surface area is 229 Å². The Morgan fingerprint density at radius 1 is 0.925 bits per heavy atom. The quantitative estimate of drug-likeness (QED) is 0.0685. The first-order valence-electron chi connectivity index (χ1n) is 12.8. The minimum Gasteiger partial charge on any atom is -0.394 e. The first-order chi connectivity index (χ1) is 18.7. The highest BCUT2D eigenvalue weighted by molar-refractivity contribution is 5.75. The summed E-state index contributed by atoms with van der Waals surface area (Å²) < 4.78 is 17.5. The van der Waals surface area contributed by atoms with Gasteiger partial charge in [-0.15, -0.1) is 0 Å². The largest absolute Gasteiger partial charge is 0.394 e. The highest BCUT2D eigenvalue weighted by Gasteiger charge is 2.59. The normalized spacial score (nSPS) is 47.4. The van der Waals surface area contributed by atoms with Crippen LogP contribution in [0.4, 0.5) is 0 Å². The first kappa shape index (κ1) is 32.3. The summed E-state index contributed by atoms with van der Waals surface area (Å²) in [6.07, 6.45) is -14.3. The van der Waals surface area contributed by atoms with Crippen molar-refractivity contribution in [3.63, 3.8) is 0 Å². The van der Waals surface area contributed by atoms with Crippen molar-refractivity contribution in [1.82, 2.24) is 16.0 Å². The number of likely N-dealkylation sites (N-methyl/N-ethyl adjacent to an activating group) is 1. The minimum absolute atomic E-state index is 0.216. The van der Waals surface area contributed by atoms with Crippen LogP contribution in [0.15, 0.2) is 0 Å². The highest BCUT2D eigenvalue weighted by Crippen LogP contribution is 2.40. The lowest BCUT2D eigenvalue weighted by Crippen LogP contribution is -2.71. The number of nitrogens with two attached hydrogens (primary N) is 2. The molecule has 40 heavy (non-hydrogen) atoms. The van der Waals surface area contributed by atoms with Gasteiger partial charge in [0, 0.05) is 5.92 Å². The smallest absolute Gasteiger partial charge is 0.186 e. The Morgan fingerprint density at radius 2 is 1.50 bits per heavy atom. The van der Waals surface area contributed by atoms with Gasteiger partial charge in [0.05, 0.1) is 49.1 Å². The number of ether oxygens (including phenoxy) is 3. The van der Waals surface area contributed by atoms with Gasteiger partial charge in [0.1, 0.15) is 30.5 Å². The van der Waals surface area contributed by atoms with Crippen LogP contribution in [-0.4, -0.2) is 153 Å². The molecule has 18 heteroatoms. The zero-order valence-corrected chi connectivity index (χ0v) is 22.0. The SMILES string of the molecule is CNC1C(O[C@@H]2C(CC3C(O)C(O)C(NC(=N)N)C(O)C3NC(=N)N)OC(C)C2(O)C=O)OC(CO)C(O)C1O. The summed E-state index contributed by atoms with van der Waals surface area (Å²) in [5.74, 6) is -2.29. The molecule has 16 N–H and O–H groups in total. The molecule has 0 amide bonds. The van der Waals surface area contributed by atoms with Crippen LogP contribution in [-0.2, 0) is 19.0 Å². The van der Waals surface area contributed by atoms with Crippen LogP contribution in [0.1, 0.15) is 13.3 Å². The molecule has 0 aromatic carbocycles. The van der Waals surface area contributed by atoms with E-state index in [1.165, 1.54) is 14.0 Å². The summed E-state index contributed by atoms with van der Waals surface area (Å²) >= 11 is 0. The lowest BCUT2D eigenvalue weighted by molar-refractivity contribution is -0.294. The molecule has 2 aliphatic heterocycles. The Morgan fingerprint density at radius 3 is 2.02 bits per heavy atom. The summed E-state index contributed by atoms with van der Waals surface area (Å²) in [5.41, 5.74) is 8.59. The van der Waals surface area contributed by atoms with Crippen molar-refractivity contribution in [2.24, 2.45) is 17.4 Å². The van der Waals surface area contributed by atoms with Crippen molar-refractivity contribution in [2.45, 2.75) is 98.3 Å². The van der Waals surface area contributed by atoms with Crippen LogP contribution in [0.3, 0.4) is 0 Å². The molecule has 0 radical (unpaired) electrons. The molecule has 3 aliphatic rings. The van der Waals surface area contributed by atoms with E-state index in [4.69, 9.17) is 36.5 Å². The maximum Gasteiger partial charge on any atom is 0.186 e. The van der Waals surface area contributed by atoms with Gasteiger partial charge in [-0.1, -0.05) is 0 Å². The lowest BCUT2D eigenvalue weighted by Gasteiger charge is -2.48. The number of aldehydes is 1. The highest BCUT2D eigenvalue weighted by atomic mass is 16.7. The predicted molar refractivity (Wildman–Crippen MR) is 135 cm³/mol. The molecule has 15 atom stereocenters. The van der Waals surface area contributed by atoms with Gasteiger partial charge in [-0.05, 0) is 20.4 Å². The number of carbonyl (C=O) groups excluding carboxylic acids is 1.